The van der Waals surface area contributed by atoms with Gasteiger partial charge in [-0.15, -0.1) is 0 Å². The summed E-state index contributed by atoms with van der Waals surface area (Å²) in [7, 11) is 0. The molecule has 0 unspecified atom stereocenters. The summed E-state index contributed by atoms with van der Waals surface area (Å²) in [6.07, 6.45) is 0.281. The molecule has 1 atom stereocenters. The van der Waals surface area contributed by atoms with E-state index in [4.69, 9.17) is 5.11 Å². The predicted molar refractivity (Wildman–Crippen MR) is 72.9 cm³/mol. The average Bonchev–Trinajstić information content (AvgIpc) is 2.36. The molecule has 1 rings (SSSR count). The molecule has 1 aromatic carbocycles. The zero-order chi connectivity index (χ0) is 14.3. The van der Waals surface area contributed by atoms with E-state index in [0.717, 1.165) is 5.56 Å². The van der Waals surface area contributed by atoms with Crippen LogP contribution in [0.4, 0.5) is 0 Å². The molecule has 5 nitrogen and oxygen atoms in total. The Morgan fingerprint density at radius 2 is 1.84 bits per heavy atom. The maximum atomic E-state index is 11.6. The van der Waals surface area contributed by atoms with Crippen molar-refractivity contribution in [3.05, 3.63) is 35.9 Å². The highest BCUT2D eigenvalue weighted by Crippen LogP contribution is 2.03. The maximum absolute atomic E-state index is 11.6. The van der Waals surface area contributed by atoms with E-state index in [1.54, 1.807) is 0 Å². The molecular weight excluding hydrogens is 244 g/mol. The lowest BCUT2D eigenvalue weighted by atomic mass is 10.1. The van der Waals surface area contributed by atoms with E-state index in [2.05, 4.69) is 10.6 Å². The van der Waals surface area contributed by atoms with Gasteiger partial charge in [0, 0.05) is 12.5 Å². The Morgan fingerprint density at radius 1 is 1.21 bits per heavy atom. The SMILES string of the molecule is CC(C)NCC(=O)N[C@@H](Cc1ccccc1)C(=O)O. The number of hydrogen-bond donors (Lipinski definition) is 3. The van der Waals surface area contributed by atoms with Gasteiger partial charge in [-0.05, 0) is 5.56 Å². The van der Waals surface area contributed by atoms with Crippen LogP contribution in [0.15, 0.2) is 30.3 Å². The van der Waals surface area contributed by atoms with Crippen molar-refractivity contribution in [1.82, 2.24) is 10.6 Å². The third-order valence-electron chi connectivity index (χ3n) is 2.59. The molecule has 0 aliphatic rings. The lowest BCUT2D eigenvalue weighted by molar-refractivity contribution is -0.141. The van der Waals surface area contributed by atoms with Gasteiger partial charge in [0.25, 0.3) is 0 Å². The summed E-state index contributed by atoms with van der Waals surface area (Å²) in [5.41, 5.74) is 0.881. The first-order valence-corrected chi connectivity index (χ1v) is 6.28. The van der Waals surface area contributed by atoms with Gasteiger partial charge in [0.15, 0.2) is 0 Å². The minimum absolute atomic E-state index is 0.121. The molecule has 0 bridgehead atoms. The maximum Gasteiger partial charge on any atom is 0.326 e. The lowest BCUT2D eigenvalue weighted by Gasteiger charge is -2.15. The van der Waals surface area contributed by atoms with Gasteiger partial charge in [0.1, 0.15) is 6.04 Å². The molecule has 19 heavy (non-hydrogen) atoms. The molecular formula is C14H20N2O3. The molecule has 0 fully saturated rings. The van der Waals surface area contributed by atoms with Crippen LogP contribution in [0.2, 0.25) is 0 Å². The van der Waals surface area contributed by atoms with Crippen LogP contribution >= 0.6 is 0 Å². The van der Waals surface area contributed by atoms with Gasteiger partial charge in [-0.25, -0.2) is 4.79 Å². The van der Waals surface area contributed by atoms with E-state index >= 15 is 0 Å². The normalized spacial score (nSPS) is 12.2. The van der Waals surface area contributed by atoms with E-state index in [0.29, 0.717) is 0 Å². The summed E-state index contributed by atoms with van der Waals surface area (Å²) < 4.78 is 0. The molecule has 5 heteroatoms. The minimum atomic E-state index is -1.03. The van der Waals surface area contributed by atoms with E-state index in [1.807, 2.05) is 44.2 Å². The second-order valence-corrected chi connectivity index (χ2v) is 4.68. The standard InChI is InChI=1S/C14H20N2O3/c1-10(2)15-9-13(17)16-12(14(18)19)8-11-6-4-3-5-7-11/h3-7,10,12,15H,8-9H2,1-2H3,(H,16,17)(H,18,19)/t12-/m0/s1. The van der Waals surface area contributed by atoms with Crippen molar-refractivity contribution < 1.29 is 14.7 Å². The fourth-order valence-corrected chi connectivity index (χ4v) is 1.59. The van der Waals surface area contributed by atoms with E-state index in [-0.39, 0.29) is 24.9 Å². The topological polar surface area (TPSA) is 78.4 Å². The number of carboxylic acids is 1. The van der Waals surface area contributed by atoms with E-state index in [1.165, 1.54) is 0 Å². The number of benzene rings is 1. The number of hydrogen-bond acceptors (Lipinski definition) is 3. The smallest absolute Gasteiger partial charge is 0.326 e. The molecule has 0 radical (unpaired) electrons. The van der Waals surface area contributed by atoms with Crippen molar-refractivity contribution in [2.24, 2.45) is 0 Å². The van der Waals surface area contributed by atoms with Crippen LogP contribution in [0.5, 0.6) is 0 Å². The fourth-order valence-electron chi connectivity index (χ4n) is 1.59. The highest BCUT2D eigenvalue weighted by molar-refractivity contribution is 5.84. The molecule has 3 N–H and O–H groups in total. The Hall–Kier alpha value is -1.88. The first kappa shape index (κ1) is 15.2. The predicted octanol–water partition coefficient (Wildman–Crippen LogP) is 0.796. The van der Waals surface area contributed by atoms with Crippen LogP contribution in [-0.2, 0) is 16.0 Å². The van der Waals surface area contributed by atoms with Crippen molar-refractivity contribution >= 4 is 11.9 Å². The Bertz CT molecular complexity index is 418. The monoisotopic (exact) mass is 264 g/mol. The molecule has 0 saturated carbocycles. The third kappa shape index (κ3) is 6.01. The van der Waals surface area contributed by atoms with Crippen LogP contribution in [0, 0.1) is 0 Å². The van der Waals surface area contributed by atoms with Gasteiger partial charge >= 0.3 is 5.97 Å². The van der Waals surface area contributed by atoms with Gasteiger partial charge in [0.05, 0.1) is 6.54 Å². The number of aliphatic carboxylic acids is 1. The van der Waals surface area contributed by atoms with Gasteiger partial charge < -0.3 is 15.7 Å². The summed E-state index contributed by atoms with van der Waals surface area (Å²) in [4.78, 5) is 22.8. The Morgan fingerprint density at radius 3 is 2.37 bits per heavy atom. The average molecular weight is 264 g/mol. The highest BCUT2D eigenvalue weighted by Gasteiger charge is 2.20. The zero-order valence-corrected chi connectivity index (χ0v) is 11.2. The third-order valence-corrected chi connectivity index (χ3v) is 2.59. The van der Waals surface area contributed by atoms with Crippen molar-refractivity contribution in [1.29, 1.82) is 0 Å². The molecule has 1 amide bonds. The first-order chi connectivity index (χ1) is 8.99. The minimum Gasteiger partial charge on any atom is -0.480 e. The molecule has 0 spiro atoms. The first-order valence-electron chi connectivity index (χ1n) is 6.28. The summed E-state index contributed by atoms with van der Waals surface area (Å²) >= 11 is 0. The number of carboxylic acid groups (broad SMARTS) is 1. The number of carbonyl (C=O) groups excluding carboxylic acids is 1. The number of carbonyl (C=O) groups is 2. The Balaban J connectivity index is 2.54. The zero-order valence-electron chi connectivity index (χ0n) is 11.2. The van der Waals surface area contributed by atoms with Crippen LogP contribution in [0.3, 0.4) is 0 Å². The van der Waals surface area contributed by atoms with Crippen molar-refractivity contribution in [3.8, 4) is 0 Å². The van der Waals surface area contributed by atoms with E-state index < -0.39 is 12.0 Å². The molecule has 0 heterocycles. The van der Waals surface area contributed by atoms with Crippen LogP contribution in [-0.4, -0.2) is 35.6 Å². The number of amides is 1. The van der Waals surface area contributed by atoms with Crippen LogP contribution in [0.25, 0.3) is 0 Å². The number of rotatable bonds is 7. The molecule has 0 saturated heterocycles. The molecule has 0 aliphatic carbocycles. The van der Waals surface area contributed by atoms with Gasteiger partial charge in [-0.3, -0.25) is 4.79 Å². The molecule has 1 aromatic rings. The second-order valence-electron chi connectivity index (χ2n) is 4.68. The summed E-state index contributed by atoms with van der Waals surface area (Å²) in [6, 6.07) is 8.52. The fraction of sp³-hybridized carbons (Fsp3) is 0.429. The van der Waals surface area contributed by atoms with Crippen molar-refractivity contribution in [2.45, 2.75) is 32.4 Å². The molecule has 0 aromatic heterocycles. The van der Waals surface area contributed by atoms with Gasteiger partial charge in [-0.1, -0.05) is 44.2 Å². The van der Waals surface area contributed by atoms with Crippen LogP contribution < -0.4 is 10.6 Å². The Kier molecular flexibility index (Phi) is 6.02. The number of nitrogens with one attached hydrogen (secondary N) is 2. The van der Waals surface area contributed by atoms with Crippen molar-refractivity contribution in [3.63, 3.8) is 0 Å². The van der Waals surface area contributed by atoms with Crippen LogP contribution in [0.1, 0.15) is 19.4 Å². The Labute approximate surface area is 113 Å². The van der Waals surface area contributed by atoms with Crippen molar-refractivity contribution in [2.75, 3.05) is 6.54 Å². The highest BCUT2D eigenvalue weighted by atomic mass is 16.4. The molecule has 0 aliphatic heterocycles. The summed E-state index contributed by atoms with van der Waals surface area (Å²) in [6.45, 7) is 3.97. The van der Waals surface area contributed by atoms with Gasteiger partial charge in [-0.2, -0.15) is 0 Å². The quantitative estimate of drug-likeness (QED) is 0.680. The summed E-state index contributed by atoms with van der Waals surface area (Å²) in [5.74, 6) is -1.33. The van der Waals surface area contributed by atoms with E-state index in [9.17, 15) is 9.59 Å². The van der Waals surface area contributed by atoms with Gasteiger partial charge in [0.2, 0.25) is 5.91 Å². The second kappa shape index (κ2) is 7.53. The summed E-state index contributed by atoms with van der Waals surface area (Å²) in [5, 5.41) is 14.6. The lowest BCUT2D eigenvalue weighted by Crippen LogP contribution is -2.46. The largest absolute Gasteiger partial charge is 0.480 e. The molecule has 104 valence electrons.